The molecule has 0 bridgehead atoms. The molecule has 2 saturated carbocycles. The minimum Gasteiger partial charge on any atom is -0.345 e. The Morgan fingerprint density at radius 2 is 1.94 bits per heavy atom. The Labute approximate surface area is 105 Å². The molecule has 0 aliphatic heterocycles. The normalized spacial score (nSPS) is 23.4. The topological polar surface area (TPSA) is 46.3 Å². The third-order valence-corrected chi connectivity index (χ3v) is 4.85. The Morgan fingerprint density at radius 1 is 1.29 bits per heavy atom. The first-order chi connectivity index (χ1) is 8.18. The Bertz CT molecular complexity index is 262. The fourth-order valence-electron chi connectivity index (χ4n) is 3.29. The smallest absolute Gasteiger partial charge is 0.229 e. The first-order valence-corrected chi connectivity index (χ1v) is 7.13. The molecule has 17 heavy (non-hydrogen) atoms. The van der Waals surface area contributed by atoms with Crippen LogP contribution in [-0.4, -0.2) is 30.9 Å². The molecule has 98 valence electrons. The molecule has 2 aliphatic carbocycles. The highest BCUT2D eigenvalue weighted by Crippen LogP contribution is 2.41. The lowest BCUT2D eigenvalue weighted by molar-refractivity contribution is -0.145. The molecule has 3 nitrogen and oxygen atoms in total. The molecule has 2 rings (SSSR count). The summed E-state index contributed by atoms with van der Waals surface area (Å²) in [7, 11) is 1.95. The van der Waals surface area contributed by atoms with E-state index in [0.717, 1.165) is 25.3 Å². The van der Waals surface area contributed by atoms with Gasteiger partial charge in [-0.3, -0.25) is 4.79 Å². The van der Waals surface area contributed by atoms with Crippen molar-refractivity contribution in [2.75, 3.05) is 20.1 Å². The monoisotopic (exact) mass is 238 g/mol. The molecule has 0 aromatic carbocycles. The molecule has 0 atom stereocenters. The second kappa shape index (κ2) is 5.38. The average molecular weight is 238 g/mol. The predicted octanol–water partition coefficient (Wildman–Crippen LogP) is 2.15. The van der Waals surface area contributed by atoms with Crippen LogP contribution in [0, 0.1) is 11.3 Å². The summed E-state index contributed by atoms with van der Waals surface area (Å²) in [6.07, 6.45) is 9.84. The number of carbonyl (C=O) groups excluding carboxylic acids is 1. The Kier molecular flexibility index (Phi) is 4.08. The van der Waals surface area contributed by atoms with Gasteiger partial charge in [-0.1, -0.05) is 32.1 Å². The zero-order valence-electron chi connectivity index (χ0n) is 11.1. The highest BCUT2D eigenvalue weighted by molar-refractivity contribution is 5.83. The van der Waals surface area contributed by atoms with Gasteiger partial charge in [-0.2, -0.15) is 0 Å². The lowest BCUT2D eigenvalue weighted by Gasteiger charge is -2.42. The number of nitrogens with zero attached hydrogens (tertiary/aromatic N) is 1. The predicted molar refractivity (Wildman–Crippen MR) is 69.6 cm³/mol. The molecule has 1 amide bonds. The van der Waals surface area contributed by atoms with Crippen molar-refractivity contribution < 1.29 is 4.79 Å². The Balaban J connectivity index is 1.78. The van der Waals surface area contributed by atoms with Crippen LogP contribution in [0.3, 0.4) is 0 Å². The van der Waals surface area contributed by atoms with E-state index in [4.69, 9.17) is 5.73 Å². The highest BCUT2D eigenvalue weighted by atomic mass is 16.2. The number of carbonyl (C=O) groups is 1. The molecular weight excluding hydrogens is 212 g/mol. The van der Waals surface area contributed by atoms with Gasteiger partial charge < -0.3 is 10.6 Å². The van der Waals surface area contributed by atoms with Crippen molar-refractivity contribution in [3.05, 3.63) is 0 Å². The summed E-state index contributed by atoms with van der Waals surface area (Å²) < 4.78 is 0. The lowest BCUT2D eigenvalue weighted by atomic mass is 9.68. The van der Waals surface area contributed by atoms with Crippen LogP contribution in [0.15, 0.2) is 0 Å². The molecule has 0 radical (unpaired) electrons. The van der Waals surface area contributed by atoms with Crippen LogP contribution in [0.5, 0.6) is 0 Å². The van der Waals surface area contributed by atoms with Gasteiger partial charge in [0.2, 0.25) is 5.91 Å². The summed E-state index contributed by atoms with van der Waals surface area (Å²) in [5.41, 5.74) is 5.59. The van der Waals surface area contributed by atoms with E-state index in [1.54, 1.807) is 0 Å². The van der Waals surface area contributed by atoms with Crippen LogP contribution in [0.1, 0.15) is 51.4 Å². The van der Waals surface area contributed by atoms with E-state index in [9.17, 15) is 4.79 Å². The fraction of sp³-hybridized carbons (Fsp3) is 0.929. The zero-order valence-corrected chi connectivity index (χ0v) is 11.1. The number of amides is 1. The maximum absolute atomic E-state index is 12.3. The van der Waals surface area contributed by atoms with E-state index < -0.39 is 0 Å². The van der Waals surface area contributed by atoms with Crippen LogP contribution in [0.2, 0.25) is 0 Å². The standard InChI is InChI=1S/C14H26N2O/c1-16(10-7-12-5-2-3-6-12)13(17)14(11-15)8-4-9-14/h12H,2-11,15H2,1H3. The summed E-state index contributed by atoms with van der Waals surface area (Å²) in [4.78, 5) is 14.3. The van der Waals surface area contributed by atoms with E-state index in [1.165, 1.54) is 38.5 Å². The molecule has 0 saturated heterocycles. The second-order valence-corrected chi connectivity index (χ2v) is 6.00. The Hall–Kier alpha value is -0.570. The van der Waals surface area contributed by atoms with Gasteiger partial charge in [-0.05, 0) is 25.2 Å². The van der Waals surface area contributed by atoms with Gasteiger partial charge in [0.1, 0.15) is 0 Å². The molecule has 2 N–H and O–H groups in total. The molecule has 3 heteroatoms. The average Bonchev–Trinajstić information content (AvgIpc) is 2.77. The van der Waals surface area contributed by atoms with Gasteiger partial charge in [-0.15, -0.1) is 0 Å². The zero-order chi connectivity index (χ0) is 12.3. The lowest BCUT2D eigenvalue weighted by Crippen LogP contribution is -2.51. The third-order valence-electron chi connectivity index (χ3n) is 4.85. The highest BCUT2D eigenvalue weighted by Gasteiger charge is 2.44. The minimum atomic E-state index is -0.190. The number of hydrogen-bond donors (Lipinski definition) is 1. The Morgan fingerprint density at radius 3 is 2.41 bits per heavy atom. The van der Waals surface area contributed by atoms with Gasteiger partial charge in [0.15, 0.2) is 0 Å². The largest absolute Gasteiger partial charge is 0.345 e. The van der Waals surface area contributed by atoms with Gasteiger partial charge in [0, 0.05) is 20.1 Å². The van der Waals surface area contributed by atoms with Crippen LogP contribution < -0.4 is 5.73 Å². The van der Waals surface area contributed by atoms with Crippen molar-refractivity contribution in [3.8, 4) is 0 Å². The van der Waals surface area contributed by atoms with E-state index in [0.29, 0.717) is 12.5 Å². The summed E-state index contributed by atoms with van der Waals surface area (Å²) in [5.74, 6) is 1.16. The van der Waals surface area contributed by atoms with Crippen LogP contribution in [0.25, 0.3) is 0 Å². The maximum Gasteiger partial charge on any atom is 0.229 e. The number of nitrogens with two attached hydrogens (primary N) is 1. The third kappa shape index (κ3) is 2.65. The summed E-state index contributed by atoms with van der Waals surface area (Å²) in [6, 6.07) is 0. The van der Waals surface area contributed by atoms with Gasteiger partial charge in [0.25, 0.3) is 0 Å². The van der Waals surface area contributed by atoms with Crippen LogP contribution >= 0.6 is 0 Å². The SMILES string of the molecule is CN(CCC1CCCC1)C(=O)C1(CN)CCC1. The van der Waals surface area contributed by atoms with E-state index >= 15 is 0 Å². The van der Waals surface area contributed by atoms with Crippen molar-refractivity contribution in [2.24, 2.45) is 17.1 Å². The maximum atomic E-state index is 12.3. The molecule has 2 fully saturated rings. The van der Waals surface area contributed by atoms with E-state index in [2.05, 4.69) is 0 Å². The van der Waals surface area contributed by atoms with Crippen molar-refractivity contribution in [1.29, 1.82) is 0 Å². The first-order valence-electron chi connectivity index (χ1n) is 7.13. The molecular formula is C14H26N2O. The van der Waals surface area contributed by atoms with Crippen LogP contribution in [0.4, 0.5) is 0 Å². The van der Waals surface area contributed by atoms with Crippen molar-refractivity contribution in [2.45, 2.75) is 51.4 Å². The molecule has 2 aliphatic rings. The molecule has 0 unspecified atom stereocenters. The van der Waals surface area contributed by atoms with Crippen molar-refractivity contribution in [1.82, 2.24) is 4.90 Å². The quantitative estimate of drug-likeness (QED) is 0.797. The van der Waals surface area contributed by atoms with Gasteiger partial charge in [0.05, 0.1) is 5.41 Å². The number of hydrogen-bond acceptors (Lipinski definition) is 2. The van der Waals surface area contributed by atoms with Crippen LogP contribution in [-0.2, 0) is 4.79 Å². The molecule has 0 aromatic rings. The first kappa shape index (κ1) is 12.9. The molecule has 0 spiro atoms. The molecule has 0 heterocycles. The summed E-state index contributed by atoms with van der Waals surface area (Å²) >= 11 is 0. The minimum absolute atomic E-state index is 0.190. The summed E-state index contributed by atoms with van der Waals surface area (Å²) in [5, 5.41) is 0. The second-order valence-electron chi connectivity index (χ2n) is 6.00. The van der Waals surface area contributed by atoms with E-state index in [-0.39, 0.29) is 5.41 Å². The number of rotatable bonds is 5. The van der Waals surface area contributed by atoms with Crippen molar-refractivity contribution in [3.63, 3.8) is 0 Å². The van der Waals surface area contributed by atoms with Gasteiger partial charge >= 0.3 is 0 Å². The van der Waals surface area contributed by atoms with Crippen molar-refractivity contribution >= 4 is 5.91 Å². The fourth-order valence-corrected chi connectivity index (χ4v) is 3.29. The molecule has 0 aromatic heterocycles. The van der Waals surface area contributed by atoms with E-state index in [1.807, 2.05) is 11.9 Å². The van der Waals surface area contributed by atoms with Gasteiger partial charge in [-0.25, -0.2) is 0 Å². The summed E-state index contributed by atoms with van der Waals surface area (Å²) in [6.45, 7) is 1.45.